The predicted molar refractivity (Wildman–Crippen MR) is 115 cm³/mol. The standard InChI is InChI=1S/C21H19N3O5S/c1-27-15-9-8-12(10-16(15)28-2)24-20(26)19-18(13-6-4-5-7-14(13)22-19)23-21(24)30-11-17(25)29-3/h4-10,22H,11H2,1-3H3. The molecule has 0 unspecified atom stereocenters. The van der Waals surface area contributed by atoms with E-state index in [-0.39, 0.29) is 11.3 Å². The fraction of sp³-hybridized carbons (Fsp3) is 0.190. The third-order valence-electron chi connectivity index (χ3n) is 4.67. The second kappa shape index (κ2) is 8.11. The van der Waals surface area contributed by atoms with Crippen LogP contribution in [-0.4, -0.2) is 47.6 Å². The average molecular weight is 425 g/mol. The second-order valence-corrected chi connectivity index (χ2v) is 7.28. The van der Waals surface area contributed by atoms with Crippen LogP contribution in [0, 0.1) is 0 Å². The molecule has 0 amide bonds. The highest BCUT2D eigenvalue weighted by atomic mass is 32.2. The highest BCUT2D eigenvalue weighted by Gasteiger charge is 2.19. The van der Waals surface area contributed by atoms with Gasteiger partial charge < -0.3 is 19.2 Å². The van der Waals surface area contributed by atoms with Crippen molar-refractivity contribution in [3.63, 3.8) is 0 Å². The van der Waals surface area contributed by atoms with Crippen molar-refractivity contribution in [2.45, 2.75) is 5.16 Å². The van der Waals surface area contributed by atoms with Crippen LogP contribution in [0.4, 0.5) is 0 Å². The Hall–Kier alpha value is -3.46. The monoisotopic (exact) mass is 425 g/mol. The van der Waals surface area contributed by atoms with Gasteiger partial charge >= 0.3 is 5.97 Å². The van der Waals surface area contributed by atoms with Crippen molar-refractivity contribution in [3.05, 3.63) is 52.8 Å². The Kier molecular flexibility index (Phi) is 5.37. The maximum atomic E-state index is 13.5. The summed E-state index contributed by atoms with van der Waals surface area (Å²) in [5, 5.41) is 1.21. The number of esters is 1. The minimum absolute atomic E-state index is 0.0179. The number of carbonyl (C=O) groups excluding carboxylic acids is 1. The van der Waals surface area contributed by atoms with Crippen LogP contribution in [0.25, 0.3) is 27.6 Å². The van der Waals surface area contributed by atoms with E-state index in [9.17, 15) is 9.59 Å². The molecule has 9 heteroatoms. The summed E-state index contributed by atoms with van der Waals surface area (Å²) in [7, 11) is 4.39. The molecule has 0 aliphatic carbocycles. The summed E-state index contributed by atoms with van der Waals surface area (Å²) < 4.78 is 16.9. The Morgan fingerprint density at radius 3 is 2.60 bits per heavy atom. The van der Waals surface area contributed by atoms with Crippen molar-refractivity contribution in [1.82, 2.24) is 14.5 Å². The number of hydrogen-bond acceptors (Lipinski definition) is 7. The summed E-state index contributed by atoms with van der Waals surface area (Å²) in [4.78, 5) is 33.1. The number of nitrogens with one attached hydrogen (secondary N) is 1. The number of H-pyrrole nitrogens is 1. The van der Waals surface area contributed by atoms with Gasteiger partial charge in [0.1, 0.15) is 11.0 Å². The Morgan fingerprint density at radius 2 is 1.87 bits per heavy atom. The van der Waals surface area contributed by atoms with Crippen LogP contribution in [0.3, 0.4) is 0 Å². The molecule has 30 heavy (non-hydrogen) atoms. The maximum Gasteiger partial charge on any atom is 0.316 e. The summed E-state index contributed by atoms with van der Waals surface area (Å²) in [6.07, 6.45) is 0. The molecule has 0 radical (unpaired) electrons. The van der Waals surface area contributed by atoms with Crippen LogP contribution in [0.2, 0.25) is 0 Å². The Balaban J connectivity index is 1.98. The van der Waals surface area contributed by atoms with Crippen molar-refractivity contribution in [3.8, 4) is 17.2 Å². The summed E-state index contributed by atoms with van der Waals surface area (Å²) in [5.41, 5.74) is 2.01. The van der Waals surface area contributed by atoms with Gasteiger partial charge in [-0.25, -0.2) is 4.98 Å². The Morgan fingerprint density at radius 1 is 1.10 bits per heavy atom. The number of ether oxygens (including phenoxy) is 3. The number of aromatic nitrogens is 3. The van der Waals surface area contributed by atoms with Gasteiger partial charge in [-0.05, 0) is 18.2 Å². The lowest BCUT2D eigenvalue weighted by molar-refractivity contribution is -0.137. The molecule has 4 aromatic rings. The largest absolute Gasteiger partial charge is 0.493 e. The third kappa shape index (κ3) is 3.37. The van der Waals surface area contributed by atoms with E-state index in [0.717, 1.165) is 22.7 Å². The lowest BCUT2D eigenvalue weighted by Crippen LogP contribution is -2.22. The number of hydrogen-bond donors (Lipinski definition) is 1. The molecule has 0 fully saturated rings. The number of thioether (sulfide) groups is 1. The molecule has 154 valence electrons. The zero-order valence-corrected chi connectivity index (χ0v) is 17.4. The molecule has 2 aromatic heterocycles. The molecule has 0 spiro atoms. The van der Waals surface area contributed by atoms with Crippen LogP contribution in [0.15, 0.2) is 52.4 Å². The first-order valence-electron chi connectivity index (χ1n) is 9.03. The van der Waals surface area contributed by atoms with E-state index in [1.807, 2.05) is 24.3 Å². The molecule has 8 nitrogen and oxygen atoms in total. The van der Waals surface area contributed by atoms with Crippen molar-refractivity contribution in [1.29, 1.82) is 0 Å². The summed E-state index contributed by atoms with van der Waals surface area (Å²) in [5.74, 6) is 0.622. The van der Waals surface area contributed by atoms with E-state index >= 15 is 0 Å². The normalized spacial score (nSPS) is 11.0. The summed E-state index contributed by atoms with van der Waals surface area (Å²) in [6, 6.07) is 12.7. The number of nitrogens with zero attached hydrogens (tertiary/aromatic N) is 2. The number of carbonyl (C=O) groups is 1. The molecule has 2 heterocycles. The third-order valence-corrected chi connectivity index (χ3v) is 5.58. The topological polar surface area (TPSA) is 95.4 Å². The number of methoxy groups -OCH3 is 3. The lowest BCUT2D eigenvalue weighted by atomic mass is 10.2. The number of benzene rings is 2. The quantitative estimate of drug-likeness (QED) is 0.288. The van der Waals surface area contributed by atoms with Gasteiger partial charge in [0, 0.05) is 17.0 Å². The average Bonchev–Trinajstić information content (AvgIpc) is 3.16. The second-order valence-electron chi connectivity index (χ2n) is 6.33. The first-order chi connectivity index (χ1) is 14.6. The van der Waals surface area contributed by atoms with Gasteiger partial charge in [0.25, 0.3) is 5.56 Å². The number of aromatic amines is 1. The lowest BCUT2D eigenvalue weighted by Gasteiger charge is -2.14. The molecule has 0 aliphatic rings. The van der Waals surface area contributed by atoms with Gasteiger partial charge in [-0.3, -0.25) is 14.2 Å². The smallest absolute Gasteiger partial charge is 0.316 e. The highest BCUT2D eigenvalue weighted by molar-refractivity contribution is 7.99. The molecule has 4 rings (SSSR count). The molecular weight excluding hydrogens is 406 g/mol. The van der Waals surface area contributed by atoms with E-state index < -0.39 is 5.97 Å². The van der Waals surface area contributed by atoms with Crippen LogP contribution in [0.5, 0.6) is 11.5 Å². The van der Waals surface area contributed by atoms with Crippen LogP contribution < -0.4 is 15.0 Å². The van der Waals surface area contributed by atoms with Crippen molar-refractivity contribution >= 4 is 39.7 Å². The van der Waals surface area contributed by atoms with Crippen molar-refractivity contribution in [2.75, 3.05) is 27.1 Å². The SMILES string of the molecule is COC(=O)CSc1nc2c([nH]c3ccccc32)c(=O)n1-c1ccc(OC)c(OC)c1. The Labute approximate surface area is 175 Å². The van der Waals surface area contributed by atoms with E-state index in [4.69, 9.17) is 19.2 Å². The van der Waals surface area contributed by atoms with Gasteiger partial charge in [0.15, 0.2) is 16.7 Å². The molecule has 0 aliphatic heterocycles. The van der Waals surface area contributed by atoms with Gasteiger partial charge in [-0.2, -0.15) is 0 Å². The van der Waals surface area contributed by atoms with Crippen LogP contribution in [-0.2, 0) is 9.53 Å². The summed E-state index contributed by atoms with van der Waals surface area (Å²) >= 11 is 1.13. The molecule has 0 saturated carbocycles. The predicted octanol–water partition coefficient (Wildman–Crippen LogP) is 3.15. The van der Waals surface area contributed by atoms with Crippen molar-refractivity contribution < 1.29 is 19.0 Å². The number of fused-ring (bicyclic) bond motifs is 3. The molecular formula is C21H19N3O5S. The minimum atomic E-state index is -0.410. The van der Waals surface area contributed by atoms with E-state index in [1.165, 1.54) is 18.8 Å². The van der Waals surface area contributed by atoms with E-state index in [0.29, 0.717) is 33.4 Å². The van der Waals surface area contributed by atoms with Crippen molar-refractivity contribution in [2.24, 2.45) is 0 Å². The van der Waals surface area contributed by atoms with Gasteiger partial charge in [0.2, 0.25) is 0 Å². The fourth-order valence-corrected chi connectivity index (χ4v) is 4.05. The van der Waals surface area contributed by atoms with Gasteiger partial charge in [-0.15, -0.1) is 0 Å². The van der Waals surface area contributed by atoms with Crippen LogP contribution >= 0.6 is 11.8 Å². The zero-order chi connectivity index (χ0) is 21.3. The zero-order valence-electron chi connectivity index (χ0n) is 16.6. The van der Waals surface area contributed by atoms with Crippen LogP contribution in [0.1, 0.15) is 0 Å². The maximum absolute atomic E-state index is 13.5. The first-order valence-corrected chi connectivity index (χ1v) is 10.0. The molecule has 0 bridgehead atoms. The minimum Gasteiger partial charge on any atom is -0.493 e. The number of para-hydroxylation sites is 1. The van der Waals surface area contributed by atoms with E-state index in [2.05, 4.69) is 4.98 Å². The molecule has 0 saturated heterocycles. The molecule has 2 aromatic carbocycles. The summed E-state index contributed by atoms with van der Waals surface area (Å²) in [6.45, 7) is 0. The Bertz CT molecular complexity index is 1310. The fourth-order valence-electron chi connectivity index (χ4n) is 3.21. The molecule has 0 atom stereocenters. The van der Waals surface area contributed by atoms with E-state index in [1.54, 1.807) is 25.3 Å². The van der Waals surface area contributed by atoms with Gasteiger partial charge in [0.05, 0.1) is 32.8 Å². The highest BCUT2D eigenvalue weighted by Crippen LogP contribution is 2.31. The van der Waals surface area contributed by atoms with Gasteiger partial charge in [-0.1, -0.05) is 30.0 Å². The molecule has 1 N–H and O–H groups in total. The number of rotatable bonds is 6. The first kappa shape index (κ1) is 19.8.